The molecule has 0 saturated heterocycles. The molecule has 0 radical (unpaired) electrons. The minimum absolute atomic E-state index is 0.0514. The molecule has 0 aromatic heterocycles. The Kier molecular flexibility index (Phi) is 7.08. The molecule has 1 atom stereocenters. The van der Waals surface area contributed by atoms with Crippen molar-refractivity contribution in [3.63, 3.8) is 0 Å². The molecular weight excluding hydrogens is 397 g/mol. The molecule has 0 heterocycles. The lowest BCUT2D eigenvalue weighted by Crippen LogP contribution is -2.31. The summed E-state index contributed by atoms with van der Waals surface area (Å²) in [5.41, 5.74) is -0.688. The van der Waals surface area contributed by atoms with Crippen LogP contribution in [0.4, 0.5) is 22.0 Å². The van der Waals surface area contributed by atoms with Crippen molar-refractivity contribution in [2.24, 2.45) is 0 Å². The van der Waals surface area contributed by atoms with Crippen molar-refractivity contribution >= 4 is 18.0 Å². The molecular formula is C20H16F5NO3. The van der Waals surface area contributed by atoms with Gasteiger partial charge in [0.15, 0.2) is 6.61 Å². The zero-order valence-electron chi connectivity index (χ0n) is 15.1. The summed E-state index contributed by atoms with van der Waals surface area (Å²) < 4.78 is 69.2. The van der Waals surface area contributed by atoms with E-state index < -0.39 is 47.9 Å². The van der Waals surface area contributed by atoms with Crippen molar-refractivity contribution in [1.82, 2.24) is 5.32 Å². The van der Waals surface area contributed by atoms with Crippen LogP contribution in [0.2, 0.25) is 0 Å². The SMILES string of the molecule is C[C@H](NC(=O)COC(=O)/C=C/c1cccc(C(F)(F)F)c1)c1ccc(F)cc1F. The molecule has 1 N–H and O–H groups in total. The highest BCUT2D eigenvalue weighted by atomic mass is 19.4. The van der Waals surface area contributed by atoms with Crippen LogP contribution in [0.3, 0.4) is 0 Å². The maximum atomic E-state index is 13.7. The number of halogens is 5. The summed E-state index contributed by atoms with van der Waals surface area (Å²) in [5.74, 6) is -3.27. The topological polar surface area (TPSA) is 55.4 Å². The van der Waals surface area contributed by atoms with Gasteiger partial charge in [0, 0.05) is 17.7 Å². The lowest BCUT2D eigenvalue weighted by molar-refractivity contribution is -0.144. The van der Waals surface area contributed by atoms with Gasteiger partial charge in [0.1, 0.15) is 11.6 Å². The molecule has 0 fully saturated rings. The van der Waals surface area contributed by atoms with Crippen LogP contribution in [0.5, 0.6) is 0 Å². The van der Waals surface area contributed by atoms with Gasteiger partial charge in [0.05, 0.1) is 11.6 Å². The molecule has 0 bridgehead atoms. The van der Waals surface area contributed by atoms with E-state index in [4.69, 9.17) is 4.74 Å². The quantitative estimate of drug-likeness (QED) is 0.434. The van der Waals surface area contributed by atoms with Crippen LogP contribution in [0, 0.1) is 11.6 Å². The standard InChI is InChI=1S/C20H16F5NO3/c1-12(16-7-6-15(21)10-17(16)22)26-18(27)11-29-19(28)8-5-13-3-2-4-14(9-13)20(23,24)25/h2-10,12H,11H2,1H3,(H,26,27)/b8-5+/t12-/m0/s1. The third-order valence-electron chi connectivity index (χ3n) is 3.78. The fraction of sp³-hybridized carbons (Fsp3) is 0.200. The van der Waals surface area contributed by atoms with Crippen molar-refractivity contribution in [3.8, 4) is 0 Å². The van der Waals surface area contributed by atoms with Crippen LogP contribution < -0.4 is 5.32 Å². The summed E-state index contributed by atoms with van der Waals surface area (Å²) >= 11 is 0. The normalized spacial score (nSPS) is 12.6. The van der Waals surface area contributed by atoms with Gasteiger partial charge in [-0.15, -0.1) is 0 Å². The van der Waals surface area contributed by atoms with Crippen LogP contribution in [0.15, 0.2) is 48.5 Å². The number of esters is 1. The number of carbonyl (C=O) groups excluding carboxylic acids is 2. The molecule has 154 valence electrons. The van der Waals surface area contributed by atoms with Crippen molar-refractivity contribution in [3.05, 3.63) is 76.9 Å². The number of hydrogen-bond acceptors (Lipinski definition) is 3. The number of carbonyl (C=O) groups is 2. The van der Waals surface area contributed by atoms with Gasteiger partial charge in [-0.05, 0) is 36.8 Å². The molecule has 2 aromatic rings. The smallest absolute Gasteiger partial charge is 0.416 e. The zero-order valence-corrected chi connectivity index (χ0v) is 15.1. The Morgan fingerprint density at radius 2 is 1.86 bits per heavy atom. The predicted octanol–water partition coefficient (Wildman–Crippen LogP) is 4.42. The fourth-order valence-corrected chi connectivity index (χ4v) is 2.38. The second-order valence-corrected chi connectivity index (χ2v) is 6.02. The summed E-state index contributed by atoms with van der Waals surface area (Å²) in [7, 11) is 0. The number of ether oxygens (including phenoxy) is 1. The molecule has 0 aliphatic heterocycles. The second-order valence-electron chi connectivity index (χ2n) is 6.02. The van der Waals surface area contributed by atoms with Crippen LogP contribution in [0.25, 0.3) is 6.08 Å². The Morgan fingerprint density at radius 1 is 1.14 bits per heavy atom. The largest absolute Gasteiger partial charge is 0.452 e. The molecule has 4 nitrogen and oxygen atoms in total. The first-order valence-electron chi connectivity index (χ1n) is 8.32. The van der Waals surface area contributed by atoms with E-state index in [1.54, 1.807) is 0 Å². The highest BCUT2D eigenvalue weighted by Gasteiger charge is 2.30. The van der Waals surface area contributed by atoms with E-state index in [2.05, 4.69) is 5.32 Å². The van der Waals surface area contributed by atoms with Gasteiger partial charge < -0.3 is 10.1 Å². The monoisotopic (exact) mass is 413 g/mol. The summed E-state index contributed by atoms with van der Waals surface area (Å²) in [6.45, 7) is 0.780. The molecule has 29 heavy (non-hydrogen) atoms. The molecule has 0 aliphatic carbocycles. The average molecular weight is 413 g/mol. The third-order valence-corrected chi connectivity index (χ3v) is 3.78. The number of hydrogen-bond donors (Lipinski definition) is 1. The van der Waals surface area contributed by atoms with Crippen molar-refractivity contribution in [2.75, 3.05) is 6.61 Å². The number of nitrogens with one attached hydrogen (secondary N) is 1. The lowest BCUT2D eigenvalue weighted by Gasteiger charge is -2.15. The maximum absolute atomic E-state index is 13.7. The molecule has 2 rings (SSSR count). The maximum Gasteiger partial charge on any atom is 0.416 e. The Labute approximate surface area is 163 Å². The van der Waals surface area contributed by atoms with Crippen LogP contribution >= 0.6 is 0 Å². The predicted molar refractivity (Wildman–Crippen MR) is 94.4 cm³/mol. The Bertz CT molecular complexity index is 925. The summed E-state index contributed by atoms with van der Waals surface area (Å²) in [6.07, 6.45) is -2.51. The molecule has 0 spiro atoms. The van der Waals surface area contributed by atoms with Crippen molar-refractivity contribution in [1.29, 1.82) is 0 Å². The van der Waals surface area contributed by atoms with Crippen LogP contribution in [-0.4, -0.2) is 18.5 Å². The van der Waals surface area contributed by atoms with E-state index in [-0.39, 0.29) is 11.1 Å². The minimum atomic E-state index is -4.51. The molecule has 2 aromatic carbocycles. The van der Waals surface area contributed by atoms with Gasteiger partial charge in [0.25, 0.3) is 5.91 Å². The van der Waals surface area contributed by atoms with Crippen LogP contribution in [0.1, 0.15) is 29.7 Å². The summed E-state index contributed by atoms with van der Waals surface area (Å²) in [6, 6.07) is 6.40. The Hall–Kier alpha value is -3.23. The lowest BCUT2D eigenvalue weighted by atomic mass is 10.1. The van der Waals surface area contributed by atoms with E-state index in [1.165, 1.54) is 25.1 Å². The average Bonchev–Trinajstić information content (AvgIpc) is 2.64. The van der Waals surface area contributed by atoms with Crippen molar-refractivity contribution < 1.29 is 36.3 Å². The summed E-state index contributed by atoms with van der Waals surface area (Å²) in [5, 5.41) is 2.38. The van der Waals surface area contributed by atoms with Crippen molar-refractivity contribution in [2.45, 2.75) is 19.1 Å². The van der Waals surface area contributed by atoms with Crippen LogP contribution in [-0.2, 0) is 20.5 Å². The van der Waals surface area contributed by atoms with Gasteiger partial charge in [0.2, 0.25) is 0 Å². The fourth-order valence-electron chi connectivity index (χ4n) is 2.38. The third kappa shape index (κ3) is 6.70. The van der Waals surface area contributed by atoms with Gasteiger partial charge in [-0.25, -0.2) is 13.6 Å². The Balaban J connectivity index is 1.87. The highest BCUT2D eigenvalue weighted by Crippen LogP contribution is 2.29. The van der Waals surface area contributed by atoms with E-state index in [0.29, 0.717) is 6.07 Å². The first kappa shape index (κ1) is 22.1. The summed E-state index contributed by atoms with van der Waals surface area (Å²) in [4.78, 5) is 23.4. The number of amides is 1. The van der Waals surface area contributed by atoms with E-state index in [1.807, 2.05) is 0 Å². The molecule has 1 amide bonds. The molecule has 0 saturated carbocycles. The zero-order chi connectivity index (χ0) is 21.6. The number of rotatable bonds is 6. The van der Waals surface area contributed by atoms with E-state index >= 15 is 0 Å². The molecule has 9 heteroatoms. The van der Waals surface area contributed by atoms with Gasteiger partial charge in [-0.3, -0.25) is 4.79 Å². The number of alkyl halides is 3. The van der Waals surface area contributed by atoms with Gasteiger partial charge >= 0.3 is 12.1 Å². The second kappa shape index (κ2) is 9.31. The first-order chi connectivity index (χ1) is 13.6. The Morgan fingerprint density at radius 3 is 2.52 bits per heavy atom. The minimum Gasteiger partial charge on any atom is -0.452 e. The molecule has 0 aliphatic rings. The van der Waals surface area contributed by atoms with Gasteiger partial charge in [-0.1, -0.05) is 18.2 Å². The van der Waals surface area contributed by atoms with E-state index in [9.17, 15) is 31.5 Å². The number of benzene rings is 2. The first-order valence-corrected chi connectivity index (χ1v) is 8.32. The highest BCUT2D eigenvalue weighted by molar-refractivity contribution is 5.89. The molecule has 0 unspecified atom stereocenters. The van der Waals surface area contributed by atoms with Gasteiger partial charge in [-0.2, -0.15) is 13.2 Å². The van der Waals surface area contributed by atoms with E-state index in [0.717, 1.165) is 30.4 Å².